The molecule has 1 aliphatic heterocycles. The molecule has 1 N–H and O–H groups in total. The van der Waals surface area contributed by atoms with Crippen molar-refractivity contribution in [3.8, 4) is 11.5 Å². The smallest absolute Gasteiger partial charge is 0.226 e. The Morgan fingerprint density at radius 1 is 1.38 bits per heavy atom. The summed E-state index contributed by atoms with van der Waals surface area (Å²) in [6.45, 7) is 3.08. The number of rotatable bonds is 4. The average molecular weight is 350 g/mol. The van der Waals surface area contributed by atoms with Gasteiger partial charge in [0.25, 0.3) is 0 Å². The number of halogens is 1. The molecule has 0 saturated carbocycles. The third-order valence-electron chi connectivity index (χ3n) is 3.94. The molecule has 1 unspecified atom stereocenters. The predicted molar refractivity (Wildman–Crippen MR) is 87.0 cm³/mol. The minimum absolute atomic E-state index is 0.594. The van der Waals surface area contributed by atoms with E-state index in [2.05, 4.69) is 31.1 Å². The van der Waals surface area contributed by atoms with E-state index < -0.39 is 0 Å². The van der Waals surface area contributed by atoms with Crippen LogP contribution in [0.25, 0.3) is 11.5 Å². The number of hydrogen-bond acceptors (Lipinski definition) is 4. The topological polar surface area (TPSA) is 41.3 Å². The van der Waals surface area contributed by atoms with Crippen molar-refractivity contribution in [1.82, 2.24) is 15.2 Å². The van der Waals surface area contributed by atoms with Gasteiger partial charge >= 0.3 is 0 Å². The van der Waals surface area contributed by atoms with E-state index >= 15 is 0 Å². The predicted octanol–water partition coefficient (Wildman–Crippen LogP) is 3.29. The van der Waals surface area contributed by atoms with E-state index in [0.29, 0.717) is 11.9 Å². The van der Waals surface area contributed by atoms with Gasteiger partial charge in [0, 0.05) is 29.2 Å². The van der Waals surface area contributed by atoms with Gasteiger partial charge < -0.3 is 9.73 Å². The van der Waals surface area contributed by atoms with E-state index in [1.165, 1.54) is 12.8 Å². The first-order valence-corrected chi connectivity index (χ1v) is 8.14. The third-order valence-corrected chi connectivity index (χ3v) is 4.47. The standard InChI is InChI=1S/C16H20BrN3O/c1-18-14-3-2-8-20(9-14)10-15-11-21-16(19-15)12-4-6-13(17)7-5-12/h4-7,11,14,18H,2-3,8-10H2,1H3. The third kappa shape index (κ3) is 3.73. The molecule has 1 saturated heterocycles. The normalized spacial score (nSPS) is 19.8. The molecule has 0 spiro atoms. The van der Waals surface area contributed by atoms with Crippen LogP contribution in [0, 0.1) is 0 Å². The van der Waals surface area contributed by atoms with Crippen LogP contribution in [0.4, 0.5) is 0 Å². The largest absolute Gasteiger partial charge is 0.444 e. The highest BCUT2D eigenvalue weighted by molar-refractivity contribution is 9.10. The van der Waals surface area contributed by atoms with Gasteiger partial charge in [-0.2, -0.15) is 0 Å². The van der Waals surface area contributed by atoms with Crippen molar-refractivity contribution in [1.29, 1.82) is 0 Å². The van der Waals surface area contributed by atoms with Gasteiger partial charge in [-0.05, 0) is 50.7 Å². The molecule has 1 atom stereocenters. The Bertz CT molecular complexity index is 581. The lowest BCUT2D eigenvalue weighted by molar-refractivity contribution is 0.186. The summed E-state index contributed by atoms with van der Waals surface area (Å²) < 4.78 is 6.68. The van der Waals surface area contributed by atoms with Crippen molar-refractivity contribution in [3.05, 3.63) is 40.7 Å². The molecule has 1 aromatic carbocycles. The van der Waals surface area contributed by atoms with Crippen LogP contribution >= 0.6 is 15.9 Å². The minimum Gasteiger partial charge on any atom is -0.444 e. The number of likely N-dealkylation sites (tertiary alicyclic amines) is 1. The number of aromatic nitrogens is 1. The molecular formula is C16H20BrN3O. The Labute approximate surface area is 133 Å². The molecule has 2 aromatic rings. The van der Waals surface area contributed by atoms with Crippen molar-refractivity contribution < 1.29 is 4.42 Å². The highest BCUT2D eigenvalue weighted by Gasteiger charge is 2.19. The molecule has 4 nitrogen and oxygen atoms in total. The Morgan fingerprint density at radius 2 is 2.19 bits per heavy atom. The summed E-state index contributed by atoms with van der Waals surface area (Å²) in [6, 6.07) is 8.62. The molecule has 0 radical (unpaired) electrons. The molecule has 0 aliphatic carbocycles. The van der Waals surface area contributed by atoms with Crippen molar-refractivity contribution in [2.45, 2.75) is 25.4 Å². The van der Waals surface area contributed by atoms with E-state index in [9.17, 15) is 0 Å². The molecule has 1 aliphatic rings. The molecule has 1 aromatic heterocycles. The lowest BCUT2D eigenvalue weighted by atomic mass is 10.1. The lowest BCUT2D eigenvalue weighted by Gasteiger charge is -2.31. The molecule has 0 bridgehead atoms. The summed E-state index contributed by atoms with van der Waals surface area (Å²) in [5.74, 6) is 0.694. The van der Waals surface area contributed by atoms with E-state index in [4.69, 9.17) is 4.42 Å². The first-order valence-electron chi connectivity index (χ1n) is 7.34. The summed E-state index contributed by atoms with van der Waals surface area (Å²) in [5, 5.41) is 3.37. The van der Waals surface area contributed by atoms with E-state index in [1.54, 1.807) is 6.26 Å². The summed E-state index contributed by atoms with van der Waals surface area (Å²) >= 11 is 3.44. The Balaban J connectivity index is 1.66. The summed E-state index contributed by atoms with van der Waals surface area (Å²) in [5.41, 5.74) is 2.01. The molecule has 5 heteroatoms. The minimum atomic E-state index is 0.594. The van der Waals surface area contributed by atoms with Crippen LogP contribution in [-0.2, 0) is 6.54 Å². The van der Waals surface area contributed by atoms with Gasteiger partial charge in [-0.3, -0.25) is 4.90 Å². The number of nitrogens with one attached hydrogen (secondary N) is 1. The van der Waals surface area contributed by atoms with Gasteiger partial charge in [0.1, 0.15) is 6.26 Å². The van der Waals surface area contributed by atoms with Crippen LogP contribution in [0.2, 0.25) is 0 Å². The molecule has 2 heterocycles. The number of piperidine rings is 1. The van der Waals surface area contributed by atoms with Crippen LogP contribution in [0.5, 0.6) is 0 Å². The van der Waals surface area contributed by atoms with Gasteiger partial charge in [0.2, 0.25) is 5.89 Å². The zero-order chi connectivity index (χ0) is 14.7. The van der Waals surface area contributed by atoms with Crippen LogP contribution < -0.4 is 5.32 Å². The number of oxazole rings is 1. The Morgan fingerprint density at radius 3 is 2.95 bits per heavy atom. The second-order valence-corrected chi connectivity index (χ2v) is 6.43. The van der Waals surface area contributed by atoms with E-state index in [0.717, 1.165) is 35.4 Å². The lowest BCUT2D eigenvalue weighted by Crippen LogP contribution is -2.43. The van der Waals surface area contributed by atoms with Crippen molar-refractivity contribution in [3.63, 3.8) is 0 Å². The fourth-order valence-corrected chi connectivity index (χ4v) is 3.03. The number of likely N-dealkylation sites (N-methyl/N-ethyl adjacent to an activating group) is 1. The number of hydrogen-bond donors (Lipinski definition) is 1. The number of benzene rings is 1. The zero-order valence-corrected chi connectivity index (χ0v) is 13.8. The molecule has 112 valence electrons. The van der Waals surface area contributed by atoms with Gasteiger partial charge in [-0.1, -0.05) is 15.9 Å². The molecule has 0 amide bonds. The van der Waals surface area contributed by atoms with E-state index in [1.807, 2.05) is 31.3 Å². The quantitative estimate of drug-likeness (QED) is 0.919. The second kappa shape index (κ2) is 6.73. The van der Waals surface area contributed by atoms with Crippen molar-refractivity contribution >= 4 is 15.9 Å². The Hall–Kier alpha value is -1.17. The fraction of sp³-hybridized carbons (Fsp3) is 0.438. The highest BCUT2D eigenvalue weighted by atomic mass is 79.9. The maximum atomic E-state index is 5.62. The molecule has 1 fully saturated rings. The fourth-order valence-electron chi connectivity index (χ4n) is 2.77. The van der Waals surface area contributed by atoms with Crippen LogP contribution in [0.15, 0.2) is 39.4 Å². The SMILES string of the molecule is CNC1CCCN(Cc2coc(-c3ccc(Br)cc3)n2)C1. The van der Waals surface area contributed by atoms with Crippen molar-refractivity contribution in [2.24, 2.45) is 0 Å². The van der Waals surface area contributed by atoms with Gasteiger partial charge in [-0.25, -0.2) is 4.98 Å². The van der Waals surface area contributed by atoms with Gasteiger partial charge in [0.15, 0.2) is 0 Å². The second-order valence-electron chi connectivity index (χ2n) is 5.51. The maximum Gasteiger partial charge on any atom is 0.226 e. The van der Waals surface area contributed by atoms with Crippen LogP contribution in [0.1, 0.15) is 18.5 Å². The molecule has 21 heavy (non-hydrogen) atoms. The summed E-state index contributed by atoms with van der Waals surface area (Å²) in [7, 11) is 2.04. The zero-order valence-electron chi connectivity index (χ0n) is 12.2. The van der Waals surface area contributed by atoms with Gasteiger partial charge in [0.05, 0.1) is 5.69 Å². The summed E-state index contributed by atoms with van der Waals surface area (Å²) in [6.07, 6.45) is 4.28. The first kappa shape index (κ1) is 14.8. The Kier molecular flexibility index (Phi) is 4.73. The highest BCUT2D eigenvalue weighted by Crippen LogP contribution is 2.22. The first-order chi connectivity index (χ1) is 10.2. The molecule has 3 rings (SSSR count). The summed E-state index contributed by atoms with van der Waals surface area (Å²) in [4.78, 5) is 7.05. The van der Waals surface area contributed by atoms with E-state index in [-0.39, 0.29) is 0 Å². The van der Waals surface area contributed by atoms with Crippen LogP contribution in [-0.4, -0.2) is 36.1 Å². The van der Waals surface area contributed by atoms with Crippen LogP contribution in [0.3, 0.4) is 0 Å². The maximum absolute atomic E-state index is 5.62. The monoisotopic (exact) mass is 349 g/mol. The van der Waals surface area contributed by atoms with Gasteiger partial charge in [-0.15, -0.1) is 0 Å². The average Bonchev–Trinajstić information content (AvgIpc) is 2.96. The van der Waals surface area contributed by atoms with Crippen molar-refractivity contribution in [2.75, 3.05) is 20.1 Å². The number of nitrogens with zero attached hydrogens (tertiary/aromatic N) is 2. The molecular weight excluding hydrogens is 330 g/mol.